The summed E-state index contributed by atoms with van der Waals surface area (Å²) in [6.07, 6.45) is -0.0805. The van der Waals surface area contributed by atoms with Gasteiger partial charge in [-0.25, -0.2) is 10.3 Å². The maximum atomic E-state index is 11.7. The van der Waals surface area contributed by atoms with Gasteiger partial charge in [0.15, 0.2) is 11.6 Å². The summed E-state index contributed by atoms with van der Waals surface area (Å²) in [7, 11) is 1.40. The van der Waals surface area contributed by atoms with E-state index in [0.29, 0.717) is 0 Å². The Kier molecular flexibility index (Phi) is 3.70. The molecule has 0 amide bonds. The van der Waals surface area contributed by atoms with E-state index >= 15 is 0 Å². The average Bonchev–Trinajstić information content (AvgIpc) is 2.71. The average molecular weight is 255 g/mol. The number of Topliss-reactive ketones (excluding diaryl/α,β-unsaturated/α-hetero) is 1. The molecule has 2 heterocycles. The van der Waals surface area contributed by atoms with Gasteiger partial charge in [-0.1, -0.05) is 0 Å². The number of hydrogen-bond donors (Lipinski definition) is 2. The number of aromatic nitrogens is 2. The molecule has 0 aliphatic carbocycles. The highest BCUT2D eigenvalue weighted by Crippen LogP contribution is 2.23. The van der Waals surface area contributed by atoms with E-state index < -0.39 is 18.0 Å². The van der Waals surface area contributed by atoms with Gasteiger partial charge < -0.3 is 9.84 Å². The summed E-state index contributed by atoms with van der Waals surface area (Å²) in [5, 5.41) is 8.91. The summed E-state index contributed by atoms with van der Waals surface area (Å²) in [5.74, 6) is 0.0373. The minimum atomic E-state index is -0.862. The van der Waals surface area contributed by atoms with Crippen LogP contribution in [0.3, 0.4) is 0 Å². The van der Waals surface area contributed by atoms with Gasteiger partial charge in [0.25, 0.3) is 0 Å². The van der Waals surface area contributed by atoms with Crippen LogP contribution in [-0.2, 0) is 14.4 Å². The van der Waals surface area contributed by atoms with E-state index in [1.807, 2.05) is 0 Å². The van der Waals surface area contributed by atoms with E-state index in [1.54, 1.807) is 0 Å². The number of anilines is 1. The molecule has 1 fully saturated rings. The molecular weight excluding hydrogens is 242 g/mol. The Morgan fingerprint density at radius 1 is 1.67 bits per heavy atom. The van der Waals surface area contributed by atoms with Crippen molar-refractivity contribution in [1.29, 1.82) is 0 Å². The number of aliphatic hydroxyl groups is 1. The van der Waals surface area contributed by atoms with Crippen LogP contribution in [-0.4, -0.2) is 40.3 Å². The summed E-state index contributed by atoms with van der Waals surface area (Å²) in [6, 6.07) is 1.52. The zero-order chi connectivity index (χ0) is 13.1. The van der Waals surface area contributed by atoms with Crippen LogP contribution in [0.4, 0.5) is 5.82 Å². The molecule has 1 saturated heterocycles. The molecule has 0 bridgehead atoms. The lowest BCUT2D eigenvalue weighted by atomic mass is 10.2. The lowest BCUT2D eigenvalue weighted by Crippen LogP contribution is -2.27. The molecule has 2 N–H and O–H groups in total. The summed E-state index contributed by atoms with van der Waals surface area (Å²) in [4.78, 5) is 31.4. The van der Waals surface area contributed by atoms with Crippen LogP contribution in [0.2, 0.25) is 0 Å². The number of carbonyl (C=O) groups is 1. The summed E-state index contributed by atoms with van der Waals surface area (Å²) in [5.41, 5.74) is 1.86. The second-order valence-corrected chi connectivity index (χ2v) is 3.74. The van der Waals surface area contributed by atoms with Crippen LogP contribution in [0, 0.1) is 0 Å². The van der Waals surface area contributed by atoms with Gasteiger partial charge in [-0.3, -0.25) is 14.2 Å². The number of aliphatic hydroxyl groups excluding tert-OH is 1. The number of carbonyl (C=O) groups excluding carboxylic acids is 1. The van der Waals surface area contributed by atoms with Gasteiger partial charge in [0, 0.05) is 6.20 Å². The molecular formula is C10H13N3O5. The topological polar surface area (TPSA) is 103 Å². The quantitative estimate of drug-likeness (QED) is 0.670. The van der Waals surface area contributed by atoms with Crippen LogP contribution >= 0.6 is 0 Å². The summed E-state index contributed by atoms with van der Waals surface area (Å²) in [6.45, 7) is -0.388. The van der Waals surface area contributed by atoms with Crippen molar-refractivity contribution in [3.05, 3.63) is 22.7 Å². The first-order valence-electron chi connectivity index (χ1n) is 5.33. The lowest BCUT2D eigenvalue weighted by molar-refractivity contribution is -0.124. The molecule has 0 saturated carbocycles. The van der Waals surface area contributed by atoms with Crippen molar-refractivity contribution in [1.82, 2.24) is 9.55 Å². The molecule has 8 nitrogen and oxygen atoms in total. The van der Waals surface area contributed by atoms with Crippen LogP contribution in [0.25, 0.3) is 0 Å². The van der Waals surface area contributed by atoms with E-state index in [2.05, 4.69) is 15.3 Å². The molecule has 1 aromatic rings. The Morgan fingerprint density at radius 2 is 2.44 bits per heavy atom. The number of nitrogens with one attached hydrogen (secondary N) is 1. The van der Waals surface area contributed by atoms with Crippen molar-refractivity contribution in [3.63, 3.8) is 0 Å². The zero-order valence-electron chi connectivity index (χ0n) is 9.70. The predicted molar refractivity (Wildman–Crippen MR) is 59.7 cm³/mol. The molecule has 0 spiro atoms. The predicted octanol–water partition coefficient (Wildman–Crippen LogP) is -0.934. The highest BCUT2D eigenvalue weighted by molar-refractivity contribution is 5.85. The first kappa shape index (κ1) is 12.7. The minimum Gasteiger partial charge on any atom is -0.393 e. The molecule has 1 aliphatic heterocycles. The highest BCUT2D eigenvalue weighted by atomic mass is 16.6. The second kappa shape index (κ2) is 5.25. The third-order valence-corrected chi connectivity index (χ3v) is 2.57. The van der Waals surface area contributed by atoms with Crippen molar-refractivity contribution in [2.75, 3.05) is 19.2 Å². The Bertz CT molecular complexity index is 501. The van der Waals surface area contributed by atoms with Crippen LogP contribution in [0.1, 0.15) is 12.6 Å². The van der Waals surface area contributed by atoms with Crippen LogP contribution < -0.4 is 11.2 Å². The van der Waals surface area contributed by atoms with Gasteiger partial charge >= 0.3 is 5.69 Å². The number of ether oxygens (including phenoxy) is 1. The number of hydrogen-bond acceptors (Lipinski definition) is 7. The first-order chi connectivity index (χ1) is 8.65. The minimum absolute atomic E-state index is 0.0455. The largest absolute Gasteiger partial charge is 0.393 e. The molecule has 98 valence electrons. The second-order valence-electron chi connectivity index (χ2n) is 3.74. The van der Waals surface area contributed by atoms with Gasteiger partial charge in [-0.15, -0.1) is 0 Å². The standard InChI is InChI=1S/C10H13N3O5/c1-17-12-8-2-3-13(10(16)11-8)9-4-6(15)7(5-14)18-9/h2-3,7,9,14H,4-5H2,1H3,(H,11,12,16)/t7-,9-/m1/s1. The van der Waals surface area contributed by atoms with E-state index in [-0.39, 0.29) is 24.6 Å². The Hall–Kier alpha value is -1.77. The van der Waals surface area contributed by atoms with Gasteiger partial charge in [0.1, 0.15) is 12.3 Å². The van der Waals surface area contributed by atoms with Gasteiger partial charge in [0.2, 0.25) is 0 Å². The molecule has 0 unspecified atom stereocenters. The van der Waals surface area contributed by atoms with Crippen molar-refractivity contribution < 1.29 is 19.5 Å². The third kappa shape index (κ3) is 2.40. The van der Waals surface area contributed by atoms with Crippen LogP contribution in [0.5, 0.6) is 0 Å². The maximum Gasteiger partial charge on any atom is 0.351 e. The van der Waals surface area contributed by atoms with Crippen molar-refractivity contribution in [3.8, 4) is 0 Å². The fourth-order valence-corrected chi connectivity index (χ4v) is 1.72. The van der Waals surface area contributed by atoms with Gasteiger partial charge in [-0.2, -0.15) is 4.98 Å². The van der Waals surface area contributed by atoms with Crippen molar-refractivity contribution in [2.24, 2.45) is 0 Å². The highest BCUT2D eigenvalue weighted by Gasteiger charge is 2.34. The van der Waals surface area contributed by atoms with Crippen LogP contribution in [0.15, 0.2) is 17.1 Å². The first-order valence-corrected chi connectivity index (χ1v) is 5.33. The smallest absolute Gasteiger partial charge is 0.351 e. The fourth-order valence-electron chi connectivity index (χ4n) is 1.72. The molecule has 1 aromatic heterocycles. The number of rotatable bonds is 4. The normalized spacial score (nSPS) is 23.3. The molecule has 2 rings (SSSR count). The summed E-state index contributed by atoms with van der Waals surface area (Å²) < 4.78 is 6.46. The molecule has 8 heteroatoms. The fraction of sp³-hybridized carbons (Fsp3) is 0.500. The molecule has 0 aromatic carbocycles. The van der Waals surface area contributed by atoms with Crippen molar-refractivity contribution >= 4 is 11.6 Å². The monoisotopic (exact) mass is 255 g/mol. The molecule has 1 aliphatic rings. The molecule has 2 atom stereocenters. The lowest BCUT2D eigenvalue weighted by Gasteiger charge is -2.13. The zero-order valence-corrected chi connectivity index (χ0v) is 9.70. The maximum absolute atomic E-state index is 11.7. The number of ketones is 1. The molecule has 0 radical (unpaired) electrons. The van der Waals surface area contributed by atoms with E-state index in [0.717, 1.165) is 0 Å². The Morgan fingerprint density at radius 3 is 3.00 bits per heavy atom. The number of nitrogens with zero attached hydrogens (tertiary/aromatic N) is 2. The third-order valence-electron chi connectivity index (χ3n) is 2.57. The Balaban J connectivity index is 2.20. The van der Waals surface area contributed by atoms with Crippen molar-refractivity contribution in [2.45, 2.75) is 18.8 Å². The molecule has 18 heavy (non-hydrogen) atoms. The Labute approximate surface area is 102 Å². The van der Waals surface area contributed by atoms with Gasteiger partial charge in [-0.05, 0) is 6.07 Å². The van der Waals surface area contributed by atoms with E-state index in [9.17, 15) is 9.59 Å². The van der Waals surface area contributed by atoms with E-state index in [1.165, 1.54) is 23.9 Å². The SMILES string of the molecule is CONc1ccn([C@H]2CC(=O)[C@@H](CO)O2)c(=O)n1. The van der Waals surface area contributed by atoms with E-state index in [4.69, 9.17) is 9.84 Å². The van der Waals surface area contributed by atoms with Gasteiger partial charge in [0.05, 0.1) is 20.1 Å². The summed E-state index contributed by atoms with van der Waals surface area (Å²) >= 11 is 0.